The van der Waals surface area contributed by atoms with Crippen molar-refractivity contribution in [3.8, 4) is 0 Å². The summed E-state index contributed by atoms with van der Waals surface area (Å²) in [5.74, 6) is 0.709. The molecule has 0 radical (unpaired) electrons. The Morgan fingerprint density at radius 2 is 1.91 bits per heavy atom. The molecule has 1 fully saturated rings. The number of aromatic nitrogens is 2. The summed E-state index contributed by atoms with van der Waals surface area (Å²) < 4.78 is 4.67. The number of hydrogen-bond acceptors (Lipinski definition) is 5. The first kappa shape index (κ1) is 17.0. The molecule has 1 aliphatic rings. The number of methoxy groups -OCH3 is 1. The average molecular weight is 326 g/mol. The maximum atomic E-state index is 11.6. The predicted molar refractivity (Wildman–Crippen MR) is 87.2 cm³/mol. The number of halogens is 1. The second kappa shape index (κ2) is 6.82. The van der Waals surface area contributed by atoms with Crippen molar-refractivity contribution in [3.63, 3.8) is 0 Å². The average Bonchev–Trinajstić information content (AvgIpc) is 2.48. The van der Waals surface area contributed by atoms with E-state index in [2.05, 4.69) is 40.8 Å². The van der Waals surface area contributed by atoms with Crippen LogP contribution in [0.15, 0.2) is 6.33 Å². The molecule has 1 saturated carbocycles. The summed E-state index contributed by atoms with van der Waals surface area (Å²) in [7, 11) is 1.31. The van der Waals surface area contributed by atoms with Crippen molar-refractivity contribution in [2.24, 2.45) is 11.3 Å². The lowest BCUT2D eigenvalue weighted by molar-refractivity contribution is 0.0594. The van der Waals surface area contributed by atoms with Crippen molar-refractivity contribution < 1.29 is 9.53 Å². The zero-order chi connectivity index (χ0) is 16.3. The van der Waals surface area contributed by atoms with Crippen molar-refractivity contribution >= 4 is 23.4 Å². The van der Waals surface area contributed by atoms with Gasteiger partial charge in [0.15, 0.2) is 5.69 Å². The van der Waals surface area contributed by atoms with Gasteiger partial charge in [-0.05, 0) is 37.0 Å². The van der Waals surface area contributed by atoms with E-state index in [1.807, 2.05) is 0 Å². The molecule has 2 rings (SSSR count). The van der Waals surface area contributed by atoms with Gasteiger partial charge in [0.05, 0.1) is 7.11 Å². The van der Waals surface area contributed by atoms with Crippen molar-refractivity contribution in [1.82, 2.24) is 9.97 Å². The van der Waals surface area contributed by atoms with Gasteiger partial charge in [-0.3, -0.25) is 0 Å². The second-order valence-electron chi connectivity index (χ2n) is 6.94. The number of esters is 1. The minimum atomic E-state index is -0.549. The van der Waals surface area contributed by atoms with Crippen LogP contribution < -0.4 is 5.32 Å². The Labute approximate surface area is 136 Å². The van der Waals surface area contributed by atoms with E-state index in [1.54, 1.807) is 0 Å². The molecule has 0 atom stereocenters. The molecule has 0 saturated heterocycles. The van der Waals surface area contributed by atoms with Gasteiger partial charge < -0.3 is 10.1 Å². The fourth-order valence-electron chi connectivity index (χ4n) is 3.01. The molecule has 0 aliphatic heterocycles. The Bertz CT molecular complexity index is 535. The van der Waals surface area contributed by atoms with Crippen LogP contribution in [0.1, 0.15) is 56.9 Å². The first-order valence-electron chi connectivity index (χ1n) is 7.68. The number of rotatable bonds is 3. The van der Waals surface area contributed by atoms with Crippen LogP contribution in [0.25, 0.3) is 0 Å². The summed E-state index contributed by atoms with van der Waals surface area (Å²) in [6, 6.07) is 0.330. The van der Waals surface area contributed by atoms with Gasteiger partial charge in [0, 0.05) is 6.04 Å². The molecule has 0 aromatic carbocycles. The van der Waals surface area contributed by atoms with Crippen molar-refractivity contribution in [1.29, 1.82) is 0 Å². The van der Waals surface area contributed by atoms with Crippen LogP contribution in [0.3, 0.4) is 0 Å². The highest BCUT2D eigenvalue weighted by Gasteiger charge is 2.30. The van der Waals surface area contributed by atoms with Crippen LogP contribution in [-0.4, -0.2) is 29.1 Å². The molecular weight excluding hydrogens is 302 g/mol. The molecule has 1 N–H and O–H groups in total. The zero-order valence-corrected chi connectivity index (χ0v) is 14.4. The first-order chi connectivity index (χ1) is 10.3. The van der Waals surface area contributed by atoms with Crippen molar-refractivity contribution in [3.05, 3.63) is 17.0 Å². The molecule has 1 aromatic rings. The largest absolute Gasteiger partial charge is 0.464 e. The molecule has 0 bridgehead atoms. The van der Waals surface area contributed by atoms with E-state index in [0.717, 1.165) is 18.8 Å². The highest BCUT2D eigenvalue weighted by atomic mass is 35.5. The maximum absolute atomic E-state index is 11.6. The lowest BCUT2D eigenvalue weighted by Gasteiger charge is -2.37. The number of nitrogens with zero attached hydrogens (tertiary/aromatic N) is 2. The number of carbonyl (C=O) groups excluding carboxylic acids is 1. The van der Waals surface area contributed by atoms with Crippen molar-refractivity contribution in [2.75, 3.05) is 12.4 Å². The normalized spacial score (nSPS) is 22.2. The summed E-state index contributed by atoms with van der Waals surface area (Å²) in [5.41, 5.74) is 0.459. The molecular formula is C16H24ClN3O2. The predicted octanol–water partition coefficient (Wildman–Crippen LogP) is 3.93. The van der Waals surface area contributed by atoms with Crippen LogP contribution in [-0.2, 0) is 4.74 Å². The van der Waals surface area contributed by atoms with E-state index >= 15 is 0 Å². The van der Waals surface area contributed by atoms with Crippen LogP contribution >= 0.6 is 11.6 Å². The Hall–Kier alpha value is -1.36. The standard InChI is InChI=1S/C16H24ClN3O2/c1-16(2,3)10-5-7-11(8-6-10)20-14-12(17)13(15(21)22-4)18-9-19-14/h9-11H,5-8H2,1-4H3,(H,18,19,20)/t10-,11+. The molecule has 1 aromatic heterocycles. The van der Waals surface area contributed by atoms with Crippen LogP contribution in [0, 0.1) is 11.3 Å². The molecule has 6 heteroatoms. The van der Waals surface area contributed by atoms with E-state index < -0.39 is 5.97 Å². The minimum Gasteiger partial charge on any atom is -0.464 e. The van der Waals surface area contributed by atoms with Crippen LogP contribution in [0.4, 0.5) is 5.82 Å². The summed E-state index contributed by atoms with van der Waals surface area (Å²) in [6.07, 6.45) is 5.87. The highest BCUT2D eigenvalue weighted by Crippen LogP contribution is 2.38. The number of ether oxygens (including phenoxy) is 1. The molecule has 5 nitrogen and oxygen atoms in total. The number of nitrogens with one attached hydrogen (secondary N) is 1. The van der Waals surface area contributed by atoms with Crippen LogP contribution in [0.2, 0.25) is 5.02 Å². The quantitative estimate of drug-likeness (QED) is 0.853. The Morgan fingerprint density at radius 3 is 2.45 bits per heavy atom. The van der Waals surface area contributed by atoms with Gasteiger partial charge in [0.25, 0.3) is 0 Å². The molecule has 0 spiro atoms. The Balaban J connectivity index is 2.02. The summed E-state index contributed by atoms with van der Waals surface area (Å²) >= 11 is 6.21. The van der Waals surface area contributed by atoms with Gasteiger partial charge >= 0.3 is 5.97 Å². The van der Waals surface area contributed by atoms with Gasteiger partial charge in [-0.1, -0.05) is 32.4 Å². The third-order valence-corrected chi connectivity index (χ3v) is 4.82. The van der Waals surface area contributed by atoms with Gasteiger partial charge in [-0.15, -0.1) is 0 Å². The lowest BCUT2D eigenvalue weighted by Crippen LogP contribution is -2.32. The Morgan fingerprint density at radius 1 is 1.27 bits per heavy atom. The van der Waals surface area contributed by atoms with E-state index in [1.165, 1.54) is 26.3 Å². The molecule has 22 heavy (non-hydrogen) atoms. The smallest absolute Gasteiger partial charge is 0.358 e. The first-order valence-corrected chi connectivity index (χ1v) is 8.06. The van der Waals surface area contributed by atoms with E-state index in [9.17, 15) is 4.79 Å². The fraction of sp³-hybridized carbons (Fsp3) is 0.688. The Kier molecular flexibility index (Phi) is 5.27. The van der Waals surface area contributed by atoms with E-state index in [4.69, 9.17) is 11.6 Å². The topological polar surface area (TPSA) is 64.1 Å². The molecule has 1 heterocycles. The molecule has 1 aliphatic carbocycles. The minimum absolute atomic E-state index is 0.102. The van der Waals surface area contributed by atoms with E-state index in [-0.39, 0.29) is 10.7 Å². The van der Waals surface area contributed by atoms with E-state index in [0.29, 0.717) is 17.3 Å². The maximum Gasteiger partial charge on any atom is 0.358 e. The number of anilines is 1. The third kappa shape index (κ3) is 3.88. The second-order valence-corrected chi connectivity index (χ2v) is 7.31. The van der Waals surface area contributed by atoms with Crippen LogP contribution in [0.5, 0.6) is 0 Å². The third-order valence-electron chi connectivity index (χ3n) is 4.46. The fourth-order valence-corrected chi connectivity index (χ4v) is 3.24. The zero-order valence-electron chi connectivity index (χ0n) is 13.6. The van der Waals surface area contributed by atoms with Crippen molar-refractivity contribution in [2.45, 2.75) is 52.5 Å². The summed E-state index contributed by atoms with van der Waals surface area (Å²) in [6.45, 7) is 6.90. The SMILES string of the molecule is COC(=O)c1ncnc(N[C@H]2CC[C@@H](C(C)(C)C)CC2)c1Cl. The van der Waals surface area contributed by atoms with Gasteiger partial charge in [-0.25, -0.2) is 14.8 Å². The molecule has 122 valence electrons. The van der Waals surface area contributed by atoms with Gasteiger partial charge in [0.1, 0.15) is 17.2 Å². The highest BCUT2D eigenvalue weighted by molar-refractivity contribution is 6.35. The number of carbonyl (C=O) groups is 1. The summed E-state index contributed by atoms with van der Waals surface area (Å²) in [5, 5.41) is 3.58. The lowest BCUT2D eigenvalue weighted by atomic mass is 9.71. The summed E-state index contributed by atoms with van der Waals surface area (Å²) in [4.78, 5) is 19.7. The monoisotopic (exact) mass is 325 g/mol. The molecule has 0 unspecified atom stereocenters. The van der Waals surface area contributed by atoms with Gasteiger partial charge in [-0.2, -0.15) is 0 Å². The van der Waals surface area contributed by atoms with Gasteiger partial charge in [0.2, 0.25) is 0 Å². The number of hydrogen-bond donors (Lipinski definition) is 1. The molecule has 0 amide bonds.